The summed E-state index contributed by atoms with van der Waals surface area (Å²) >= 11 is 7.22. The molecule has 2 aromatic carbocycles. The Bertz CT molecular complexity index is 1110. The fourth-order valence-electron chi connectivity index (χ4n) is 3.34. The summed E-state index contributed by atoms with van der Waals surface area (Å²) < 4.78 is 1.82. The number of carbonyl (C=O) groups excluding carboxylic acids is 2. The molecule has 2 N–H and O–H groups in total. The number of aromatic nitrogens is 3. The lowest BCUT2D eigenvalue weighted by atomic mass is 10.0. The van der Waals surface area contributed by atoms with Crippen LogP contribution in [0.25, 0.3) is 0 Å². The normalized spacial score (nSPS) is 11.9. The Balaban J connectivity index is 1.66. The maximum atomic E-state index is 12.7. The molecular formula is C24H28ClN5O2S. The lowest BCUT2D eigenvalue weighted by Gasteiger charge is -2.21. The number of halogens is 1. The van der Waals surface area contributed by atoms with Crippen molar-refractivity contribution in [3.63, 3.8) is 0 Å². The van der Waals surface area contributed by atoms with Crippen LogP contribution < -0.4 is 10.6 Å². The minimum Gasteiger partial charge on any atom is -0.342 e. The van der Waals surface area contributed by atoms with Crippen LogP contribution in [0.2, 0.25) is 5.02 Å². The van der Waals surface area contributed by atoms with Crippen molar-refractivity contribution in [1.82, 2.24) is 20.1 Å². The molecular weight excluding hydrogens is 458 g/mol. The molecule has 1 heterocycles. The SMILES string of the molecule is CCc1ccccc1NC(=O)CSc1nnc([C@H](NC(=O)c2ccc(Cl)cc2)C(C)C)n1C. The lowest BCUT2D eigenvalue weighted by Crippen LogP contribution is -2.33. The van der Waals surface area contributed by atoms with E-state index >= 15 is 0 Å². The summed E-state index contributed by atoms with van der Waals surface area (Å²) in [5.74, 6) is 0.592. The van der Waals surface area contributed by atoms with Gasteiger partial charge in [0.2, 0.25) is 5.91 Å². The summed E-state index contributed by atoms with van der Waals surface area (Å²) in [6.45, 7) is 6.07. The molecule has 9 heteroatoms. The lowest BCUT2D eigenvalue weighted by molar-refractivity contribution is -0.113. The van der Waals surface area contributed by atoms with Gasteiger partial charge in [-0.05, 0) is 48.2 Å². The van der Waals surface area contributed by atoms with Gasteiger partial charge in [0.1, 0.15) is 0 Å². The van der Waals surface area contributed by atoms with Crippen LogP contribution in [0.5, 0.6) is 0 Å². The van der Waals surface area contributed by atoms with E-state index in [0.29, 0.717) is 21.6 Å². The molecule has 0 unspecified atom stereocenters. The summed E-state index contributed by atoms with van der Waals surface area (Å²) in [5, 5.41) is 15.7. The molecule has 0 saturated carbocycles. The van der Waals surface area contributed by atoms with Crippen LogP contribution in [0, 0.1) is 5.92 Å². The molecule has 0 aliphatic heterocycles. The number of nitrogens with zero attached hydrogens (tertiary/aromatic N) is 3. The fraction of sp³-hybridized carbons (Fsp3) is 0.333. The Morgan fingerprint density at radius 1 is 1.09 bits per heavy atom. The van der Waals surface area contributed by atoms with Gasteiger partial charge in [-0.2, -0.15) is 0 Å². The van der Waals surface area contributed by atoms with Crippen LogP contribution in [0.4, 0.5) is 5.69 Å². The predicted molar refractivity (Wildman–Crippen MR) is 133 cm³/mol. The molecule has 0 aliphatic carbocycles. The standard InChI is InChI=1S/C24H28ClN5O2S/c1-5-16-8-6-7-9-19(16)26-20(31)14-33-24-29-28-22(30(24)4)21(15(2)3)27-23(32)17-10-12-18(25)13-11-17/h6-13,15,21H,5,14H2,1-4H3,(H,26,31)(H,27,32)/t21-/m1/s1. The minimum atomic E-state index is -0.342. The summed E-state index contributed by atoms with van der Waals surface area (Å²) in [5.41, 5.74) is 2.44. The van der Waals surface area contributed by atoms with Gasteiger partial charge in [-0.15, -0.1) is 10.2 Å². The van der Waals surface area contributed by atoms with Crippen molar-refractivity contribution in [2.45, 2.75) is 38.4 Å². The van der Waals surface area contributed by atoms with E-state index < -0.39 is 0 Å². The van der Waals surface area contributed by atoms with E-state index in [1.165, 1.54) is 11.8 Å². The van der Waals surface area contributed by atoms with Gasteiger partial charge in [0, 0.05) is 23.3 Å². The molecule has 2 amide bonds. The molecule has 33 heavy (non-hydrogen) atoms. The smallest absolute Gasteiger partial charge is 0.251 e. The zero-order chi connectivity index (χ0) is 24.0. The fourth-order valence-corrected chi connectivity index (χ4v) is 4.19. The highest BCUT2D eigenvalue weighted by Gasteiger charge is 2.25. The number of nitrogens with one attached hydrogen (secondary N) is 2. The highest BCUT2D eigenvalue weighted by Crippen LogP contribution is 2.25. The zero-order valence-corrected chi connectivity index (χ0v) is 20.7. The Morgan fingerprint density at radius 2 is 1.79 bits per heavy atom. The Hall–Kier alpha value is -2.84. The first kappa shape index (κ1) is 24.8. The van der Waals surface area contributed by atoms with Crippen molar-refractivity contribution >= 4 is 40.9 Å². The van der Waals surface area contributed by atoms with Crippen molar-refractivity contribution in [1.29, 1.82) is 0 Å². The highest BCUT2D eigenvalue weighted by molar-refractivity contribution is 7.99. The largest absolute Gasteiger partial charge is 0.342 e. The van der Waals surface area contributed by atoms with Crippen molar-refractivity contribution in [3.05, 3.63) is 70.5 Å². The minimum absolute atomic E-state index is 0.0795. The molecule has 1 aromatic heterocycles. The molecule has 1 atom stereocenters. The number of amides is 2. The van der Waals surface area contributed by atoms with Crippen molar-refractivity contribution in [3.8, 4) is 0 Å². The Morgan fingerprint density at radius 3 is 2.45 bits per heavy atom. The van der Waals surface area contributed by atoms with Gasteiger partial charge in [-0.1, -0.05) is 62.3 Å². The molecule has 7 nitrogen and oxygen atoms in total. The number of benzene rings is 2. The third-order valence-electron chi connectivity index (χ3n) is 5.21. The predicted octanol–water partition coefficient (Wildman–Crippen LogP) is 4.89. The highest BCUT2D eigenvalue weighted by atomic mass is 35.5. The van der Waals surface area contributed by atoms with Gasteiger partial charge >= 0.3 is 0 Å². The molecule has 0 bridgehead atoms. The van der Waals surface area contributed by atoms with Gasteiger partial charge < -0.3 is 15.2 Å². The van der Waals surface area contributed by atoms with Crippen LogP contribution >= 0.6 is 23.4 Å². The second-order valence-corrected chi connectivity index (χ2v) is 9.33. The number of hydrogen-bond donors (Lipinski definition) is 2. The van der Waals surface area contributed by atoms with E-state index in [0.717, 1.165) is 17.7 Å². The Kier molecular flexibility index (Phi) is 8.52. The first-order valence-electron chi connectivity index (χ1n) is 10.8. The molecule has 0 aliphatic rings. The molecule has 0 radical (unpaired) electrons. The van der Waals surface area contributed by atoms with E-state index in [4.69, 9.17) is 11.6 Å². The van der Waals surface area contributed by atoms with E-state index in [-0.39, 0.29) is 29.5 Å². The van der Waals surface area contributed by atoms with E-state index in [2.05, 4.69) is 27.8 Å². The van der Waals surface area contributed by atoms with Crippen molar-refractivity contribution in [2.75, 3.05) is 11.1 Å². The van der Waals surface area contributed by atoms with Crippen LogP contribution in [-0.2, 0) is 18.3 Å². The van der Waals surface area contributed by atoms with Crippen molar-refractivity contribution < 1.29 is 9.59 Å². The molecule has 0 fully saturated rings. The second-order valence-electron chi connectivity index (χ2n) is 7.95. The summed E-state index contributed by atoms with van der Waals surface area (Å²) in [7, 11) is 1.84. The van der Waals surface area contributed by atoms with Gasteiger partial charge in [-0.3, -0.25) is 9.59 Å². The monoisotopic (exact) mass is 485 g/mol. The number of aryl methyl sites for hydroxylation is 1. The van der Waals surface area contributed by atoms with Crippen LogP contribution in [0.3, 0.4) is 0 Å². The quantitative estimate of drug-likeness (QED) is 0.421. The van der Waals surface area contributed by atoms with E-state index in [1.807, 2.05) is 49.7 Å². The van der Waals surface area contributed by atoms with Crippen LogP contribution in [0.1, 0.15) is 48.6 Å². The van der Waals surface area contributed by atoms with Crippen LogP contribution in [-0.4, -0.2) is 32.3 Å². The topological polar surface area (TPSA) is 88.9 Å². The molecule has 174 valence electrons. The van der Waals surface area contributed by atoms with Gasteiger partial charge in [0.25, 0.3) is 5.91 Å². The molecule has 3 aromatic rings. The number of para-hydroxylation sites is 1. The third-order valence-corrected chi connectivity index (χ3v) is 6.48. The van der Waals surface area contributed by atoms with E-state index in [1.54, 1.807) is 24.3 Å². The average molecular weight is 486 g/mol. The van der Waals surface area contributed by atoms with E-state index in [9.17, 15) is 9.59 Å². The Labute approximate surface area is 203 Å². The first-order chi connectivity index (χ1) is 15.8. The van der Waals surface area contributed by atoms with Gasteiger partial charge in [0.15, 0.2) is 11.0 Å². The second kappa shape index (κ2) is 11.3. The number of anilines is 1. The van der Waals surface area contributed by atoms with Crippen molar-refractivity contribution in [2.24, 2.45) is 13.0 Å². The number of thioether (sulfide) groups is 1. The first-order valence-corrected chi connectivity index (χ1v) is 12.1. The van der Waals surface area contributed by atoms with Gasteiger partial charge in [0.05, 0.1) is 11.8 Å². The van der Waals surface area contributed by atoms with Crippen LogP contribution in [0.15, 0.2) is 53.7 Å². The molecule has 0 saturated heterocycles. The maximum absolute atomic E-state index is 12.7. The average Bonchev–Trinajstić information content (AvgIpc) is 3.16. The summed E-state index contributed by atoms with van der Waals surface area (Å²) in [6.07, 6.45) is 0.842. The maximum Gasteiger partial charge on any atom is 0.251 e. The summed E-state index contributed by atoms with van der Waals surface area (Å²) in [4.78, 5) is 25.2. The number of hydrogen-bond acceptors (Lipinski definition) is 5. The number of rotatable bonds is 9. The number of carbonyl (C=O) groups is 2. The third kappa shape index (κ3) is 6.36. The summed E-state index contributed by atoms with van der Waals surface area (Å²) in [6, 6.07) is 14.2. The van der Waals surface area contributed by atoms with Gasteiger partial charge in [-0.25, -0.2) is 0 Å². The zero-order valence-electron chi connectivity index (χ0n) is 19.1. The molecule has 0 spiro atoms. The molecule has 3 rings (SSSR count).